The highest BCUT2D eigenvalue weighted by Crippen LogP contribution is 2.38. The normalized spacial score (nSPS) is 22.5. The zero-order valence-electron chi connectivity index (χ0n) is 13.8. The number of likely N-dealkylation sites (tertiary alicyclic amines) is 1. The number of nitrogens with zero attached hydrogens (tertiary/aromatic N) is 4. The average Bonchev–Trinajstić information content (AvgIpc) is 2.96. The van der Waals surface area contributed by atoms with Gasteiger partial charge in [0.1, 0.15) is 0 Å². The highest BCUT2D eigenvalue weighted by atomic mass is 16.2. The Balaban J connectivity index is 2.15. The molecule has 1 saturated heterocycles. The van der Waals surface area contributed by atoms with E-state index >= 15 is 0 Å². The van der Waals surface area contributed by atoms with Crippen molar-refractivity contribution in [2.24, 2.45) is 23.7 Å². The number of carbonyl (C=O) groups is 1. The first-order valence-corrected chi connectivity index (χ1v) is 7.73. The lowest BCUT2D eigenvalue weighted by atomic mass is 9.94. The average molecular weight is 306 g/mol. The topological polar surface area (TPSA) is 88.5 Å². The summed E-state index contributed by atoms with van der Waals surface area (Å²) in [5.41, 5.74) is 8.02. The summed E-state index contributed by atoms with van der Waals surface area (Å²) in [5, 5.41) is 7.36. The molecule has 1 amide bonds. The van der Waals surface area contributed by atoms with E-state index in [1.165, 1.54) is 0 Å². The van der Waals surface area contributed by atoms with E-state index < -0.39 is 0 Å². The zero-order valence-corrected chi connectivity index (χ0v) is 13.8. The molecule has 2 heterocycles. The molecule has 22 heavy (non-hydrogen) atoms. The molecule has 0 spiro atoms. The molecule has 7 heteroatoms. The van der Waals surface area contributed by atoms with Crippen molar-refractivity contribution in [3.63, 3.8) is 0 Å². The molecule has 0 aromatic carbocycles. The van der Waals surface area contributed by atoms with Gasteiger partial charge in [-0.1, -0.05) is 6.92 Å². The van der Waals surface area contributed by atoms with Gasteiger partial charge in [0, 0.05) is 50.8 Å². The van der Waals surface area contributed by atoms with Gasteiger partial charge in [-0.15, -0.1) is 0 Å². The lowest BCUT2D eigenvalue weighted by Gasteiger charge is -2.24. The minimum Gasteiger partial charge on any atom is -0.370 e. The summed E-state index contributed by atoms with van der Waals surface area (Å²) < 4.78 is 1.84. The maximum atomic E-state index is 12.1. The third kappa shape index (κ3) is 3.23. The largest absolute Gasteiger partial charge is 0.370 e. The number of nitrogens with one attached hydrogen (secondary N) is 1. The molecule has 2 atom stereocenters. The highest BCUT2D eigenvalue weighted by Gasteiger charge is 2.39. The van der Waals surface area contributed by atoms with Crippen LogP contribution in [0.5, 0.6) is 0 Å². The molecule has 1 aliphatic heterocycles. The van der Waals surface area contributed by atoms with E-state index in [0.717, 1.165) is 24.2 Å². The van der Waals surface area contributed by atoms with Crippen molar-refractivity contribution in [1.82, 2.24) is 20.0 Å². The van der Waals surface area contributed by atoms with Crippen LogP contribution < -0.4 is 11.1 Å². The number of guanidine groups is 1. The van der Waals surface area contributed by atoms with E-state index in [2.05, 4.69) is 22.3 Å². The molecule has 0 radical (unpaired) electrons. The van der Waals surface area contributed by atoms with Crippen LogP contribution in [0.2, 0.25) is 0 Å². The molecule has 1 fully saturated rings. The maximum Gasteiger partial charge on any atom is 0.223 e. The number of rotatable bonds is 5. The van der Waals surface area contributed by atoms with Gasteiger partial charge < -0.3 is 16.0 Å². The first kappa shape index (κ1) is 16.3. The third-order valence-corrected chi connectivity index (χ3v) is 4.34. The molecule has 7 nitrogen and oxygen atoms in total. The molecular weight excluding hydrogens is 280 g/mol. The Morgan fingerprint density at radius 1 is 1.55 bits per heavy atom. The van der Waals surface area contributed by atoms with Crippen molar-refractivity contribution < 1.29 is 4.79 Å². The van der Waals surface area contributed by atoms with Crippen LogP contribution in [0, 0.1) is 12.8 Å². The Labute approximate surface area is 131 Å². The number of aromatic nitrogens is 2. The molecule has 1 aliphatic rings. The zero-order chi connectivity index (χ0) is 16.3. The number of amides is 1. The van der Waals surface area contributed by atoms with Gasteiger partial charge in [0.15, 0.2) is 5.96 Å². The van der Waals surface area contributed by atoms with Gasteiger partial charge in [-0.2, -0.15) is 5.10 Å². The van der Waals surface area contributed by atoms with Crippen LogP contribution in [-0.4, -0.2) is 46.7 Å². The van der Waals surface area contributed by atoms with E-state index in [1.807, 2.05) is 31.9 Å². The molecular formula is C15H26N6O. The van der Waals surface area contributed by atoms with E-state index in [1.54, 1.807) is 4.90 Å². The second-order valence-corrected chi connectivity index (χ2v) is 5.88. The Morgan fingerprint density at radius 3 is 2.86 bits per heavy atom. The fourth-order valence-electron chi connectivity index (χ4n) is 2.91. The summed E-state index contributed by atoms with van der Waals surface area (Å²) in [6.45, 7) is 5.45. The van der Waals surface area contributed by atoms with Gasteiger partial charge >= 0.3 is 0 Å². The van der Waals surface area contributed by atoms with Crippen molar-refractivity contribution in [3.8, 4) is 0 Å². The van der Waals surface area contributed by atoms with Crippen molar-refractivity contribution in [3.05, 3.63) is 17.5 Å². The van der Waals surface area contributed by atoms with Crippen molar-refractivity contribution in [2.75, 3.05) is 20.1 Å². The molecule has 2 rings (SSSR count). The molecule has 0 aliphatic carbocycles. The summed E-state index contributed by atoms with van der Waals surface area (Å²) >= 11 is 0. The fourth-order valence-corrected chi connectivity index (χ4v) is 2.91. The highest BCUT2D eigenvalue weighted by molar-refractivity contribution is 5.80. The van der Waals surface area contributed by atoms with E-state index in [0.29, 0.717) is 18.9 Å². The maximum absolute atomic E-state index is 12.1. The van der Waals surface area contributed by atoms with Crippen LogP contribution in [-0.2, 0) is 11.8 Å². The van der Waals surface area contributed by atoms with E-state index in [9.17, 15) is 4.79 Å². The van der Waals surface area contributed by atoms with Crippen LogP contribution in [0.15, 0.2) is 11.2 Å². The summed E-state index contributed by atoms with van der Waals surface area (Å²) in [7, 11) is 3.76. The Bertz CT molecular complexity index is 564. The summed E-state index contributed by atoms with van der Waals surface area (Å²) in [6.07, 6.45) is 3.35. The van der Waals surface area contributed by atoms with Crippen LogP contribution in [0.1, 0.15) is 37.1 Å². The minimum absolute atomic E-state index is 0.0175. The standard InChI is InChI=1S/C15H26N6O/c1-5-6-17-15(16)18-8-11-7-13(22)20(3)14(11)12-9-19-21(4)10(12)2/h9,11,14H,5-8H2,1-4H3,(H3,16,17,18)/t11-,14+/m0/s1. The molecule has 3 N–H and O–H groups in total. The Hall–Kier alpha value is -2.05. The first-order valence-electron chi connectivity index (χ1n) is 7.73. The van der Waals surface area contributed by atoms with Crippen molar-refractivity contribution in [1.29, 1.82) is 0 Å². The predicted molar refractivity (Wildman–Crippen MR) is 86.3 cm³/mol. The van der Waals surface area contributed by atoms with Gasteiger partial charge in [0.05, 0.1) is 12.2 Å². The van der Waals surface area contributed by atoms with Crippen LogP contribution in [0.4, 0.5) is 0 Å². The number of nitrogens with two attached hydrogens (primary N) is 1. The molecule has 0 bridgehead atoms. The molecule has 122 valence electrons. The van der Waals surface area contributed by atoms with Crippen LogP contribution in [0.3, 0.4) is 0 Å². The smallest absolute Gasteiger partial charge is 0.223 e. The SMILES string of the molecule is CCCNC(N)=NC[C@@H]1CC(=O)N(C)[C@H]1c1cnn(C)c1C. The first-order chi connectivity index (χ1) is 10.5. The fraction of sp³-hybridized carbons (Fsp3) is 0.667. The number of aryl methyl sites for hydroxylation is 1. The summed E-state index contributed by atoms with van der Waals surface area (Å²) in [5.74, 6) is 0.724. The number of carbonyl (C=O) groups excluding carboxylic acids is 1. The van der Waals surface area contributed by atoms with Gasteiger partial charge in [0.25, 0.3) is 0 Å². The van der Waals surface area contributed by atoms with Gasteiger partial charge in [-0.3, -0.25) is 14.5 Å². The second kappa shape index (κ2) is 6.81. The van der Waals surface area contributed by atoms with E-state index in [4.69, 9.17) is 5.73 Å². The number of hydrogen-bond donors (Lipinski definition) is 2. The van der Waals surface area contributed by atoms with Crippen molar-refractivity contribution in [2.45, 2.75) is 32.7 Å². The van der Waals surface area contributed by atoms with E-state index in [-0.39, 0.29) is 17.9 Å². The van der Waals surface area contributed by atoms with Gasteiger partial charge in [-0.05, 0) is 13.3 Å². The molecule has 1 aromatic rings. The molecule has 0 unspecified atom stereocenters. The Morgan fingerprint density at radius 2 is 2.27 bits per heavy atom. The summed E-state index contributed by atoms with van der Waals surface area (Å²) in [6, 6.07) is 0.0175. The Kier molecular flexibility index (Phi) is 5.05. The van der Waals surface area contributed by atoms with Crippen LogP contribution in [0.25, 0.3) is 0 Å². The molecule has 0 saturated carbocycles. The quantitative estimate of drug-likeness (QED) is 0.614. The van der Waals surface area contributed by atoms with Gasteiger partial charge in [-0.25, -0.2) is 0 Å². The lowest BCUT2D eigenvalue weighted by Crippen LogP contribution is -2.33. The predicted octanol–water partition coefficient (Wildman–Crippen LogP) is 0.562. The van der Waals surface area contributed by atoms with Crippen LogP contribution >= 0.6 is 0 Å². The number of aliphatic imine (C=N–C) groups is 1. The van der Waals surface area contributed by atoms with Gasteiger partial charge in [0.2, 0.25) is 5.91 Å². The number of hydrogen-bond acceptors (Lipinski definition) is 3. The summed E-state index contributed by atoms with van der Waals surface area (Å²) in [4.78, 5) is 18.3. The molecule has 1 aromatic heterocycles. The monoisotopic (exact) mass is 306 g/mol. The lowest BCUT2D eigenvalue weighted by molar-refractivity contribution is -0.127. The second-order valence-electron chi connectivity index (χ2n) is 5.88. The third-order valence-electron chi connectivity index (χ3n) is 4.34. The minimum atomic E-state index is 0.0175. The van der Waals surface area contributed by atoms with Crippen molar-refractivity contribution >= 4 is 11.9 Å².